The first-order valence-corrected chi connectivity index (χ1v) is 12.0. The van der Waals surface area contributed by atoms with Gasteiger partial charge in [-0.25, -0.2) is 4.99 Å². The highest BCUT2D eigenvalue weighted by molar-refractivity contribution is 7.98. The standard InChI is InChI=1S/C21H35N5O3S/c1-17(2)15-25-10-11-29-20(16-25)14-24-21(22-9-4-12-30-3)23-13-18-5-7-19(8-6-18)26(27)28/h5-8,17,20H,4,9-16H2,1-3H3,(H2,22,23,24). The zero-order valence-electron chi connectivity index (χ0n) is 18.3. The van der Waals surface area contributed by atoms with Gasteiger partial charge in [-0.05, 0) is 29.9 Å². The summed E-state index contributed by atoms with van der Waals surface area (Å²) < 4.78 is 5.93. The molecule has 1 fully saturated rings. The highest BCUT2D eigenvalue weighted by atomic mass is 32.2. The highest BCUT2D eigenvalue weighted by Gasteiger charge is 2.21. The van der Waals surface area contributed by atoms with Gasteiger partial charge in [-0.3, -0.25) is 15.0 Å². The molecular formula is C21H35N5O3S. The van der Waals surface area contributed by atoms with E-state index in [4.69, 9.17) is 4.74 Å². The van der Waals surface area contributed by atoms with Gasteiger partial charge in [0.1, 0.15) is 0 Å². The third-order valence-corrected chi connectivity index (χ3v) is 5.42. The number of hydrogen-bond acceptors (Lipinski definition) is 6. The van der Waals surface area contributed by atoms with E-state index in [-0.39, 0.29) is 16.7 Å². The molecule has 168 valence electrons. The molecule has 0 saturated carbocycles. The molecule has 0 bridgehead atoms. The molecule has 30 heavy (non-hydrogen) atoms. The van der Waals surface area contributed by atoms with E-state index < -0.39 is 0 Å². The lowest BCUT2D eigenvalue weighted by molar-refractivity contribution is -0.384. The molecule has 0 spiro atoms. The van der Waals surface area contributed by atoms with Crippen LogP contribution in [0.1, 0.15) is 25.8 Å². The van der Waals surface area contributed by atoms with Gasteiger partial charge < -0.3 is 15.4 Å². The number of rotatable bonds is 11. The van der Waals surface area contributed by atoms with Crippen LogP contribution in [0.2, 0.25) is 0 Å². The Hall–Kier alpha value is -1.84. The number of benzene rings is 1. The van der Waals surface area contributed by atoms with Crippen LogP contribution in [0.15, 0.2) is 29.3 Å². The van der Waals surface area contributed by atoms with Crippen molar-refractivity contribution in [2.75, 3.05) is 51.3 Å². The summed E-state index contributed by atoms with van der Waals surface area (Å²) in [7, 11) is 0. The van der Waals surface area contributed by atoms with Crippen LogP contribution in [0.25, 0.3) is 0 Å². The quantitative estimate of drug-likeness (QED) is 0.181. The van der Waals surface area contributed by atoms with Crippen LogP contribution in [0, 0.1) is 16.0 Å². The Bertz CT molecular complexity index is 669. The SMILES string of the molecule is CSCCCNC(=NCc1ccc([N+](=O)[O-])cc1)NCC1CN(CC(C)C)CCO1. The minimum Gasteiger partial charge on any atom is -0.374 e. The van der Waals surface area contributed by atoms with Crippen molar-refractivity contribution in [1.82, 2.24) is 15.5 Å². The largest absolute Gasteiger partial charge is 0.374 e. The van der Waals surface area contributed by atoms with Crippen LogP contribution < -0.4 is 10.6 Å². The number of thioether (sulfide) groups is 1. The second kappa shape index (κ2) is 13.5. The molecule has 1 aliphatic rings. The second-order valence-electron chi connectivity index (χ2n) is 7.89. The molecule has 0 aromatic heterocycles. The molecule has 1 atom stereocenters. The number of aliphatic imine (C=N–C) groups is 1. The van der Waals surface area contributed by atoms with Gasteiger partial charge in [0.25, 0.3) is 5.69 Å². The fourth-order valence-corrected chi connectivity index (χ4v) is 3.72. The summed E-state index contributed by atoms with van der Waals surface area (Å²) in [6.07, 6.45) is 3.29. The minimum absolute atomic E-state index is 0.0941. The normalized spacial score (nSPS) is 17.9. The summed E-state index contributed by atoms with van der Waals surface area (Å²) in [5, 5.41) is 17.6. The summed E-state index contributed by atoms with van der Waals surface area (Å²) in [6, 6.07) is 6.54. The van der Waals surface area contributed by atoms with Gasteiger partial charge in [-0.1, -0.05) is 26.0 Å². The smallest absolute Gasteiger partial charge is 0.269 e. The number of nitrogens with zero attached hydrogens (tertiary/aromatic N) is 3. The Morgan fingerprint density at radius 1 is 1.37 bits per heavy atom. The van der Waals surface area contributed by atoms with Crippen LogP contribution in [0.3, 0.4) is 0 Å². The van der Waals surface area contributed by atoms with Crippen molar-refractivity contribution >= 4 is 23.4 Å². The third-order valence-electron chi connectivity index (χ3n) is 4.73. The third kappa shape index (κ3) is 9.32. The van der Waals surface area contributed by atoms with Crippen molar-refractivity contribution in [2.45, 2.75) is 32.9 Å². The van der Waals surface area contributed by atoms with E-state index in [1.165, 1.54) is 12.1 Å². The van der Waals surface area contributed by atoms with Crippen LogP contribution in [-0.2, 0) is 11.3 Å². The van der Waals surface area contributed by atoms with E-state index in [1.54, 1.807) is 12.1 Å². The van der Waals surface area contributed by atoms with E-state index >= 15 is 0 Å². The van der Waals surface area contributed by atoms with Crippen molar-refractivity contribution in [2.24, 2.45) is 10.9 Å². The molecule has 1 heterocycles. The van der Waals surface area contributed by atoms with Crippen LogP contribution in [0.5, 0.6) is 0 Å². The number of morpholine rings is 1. The van der Waals surface area contributed by atoms with Gasteiger partial charge in [0.05, 0.1) is 24.2 Å². The number of nitrogens with one attached hydrogen (secondary N) is 2. The van der Waals surface area contributed by atoms with Gasteiger partial charge in [0.15, 0.2) is 5.96 Å². The fraction of sp³-hybridized carbons (Fsp3) is 0.667. The van der Waals surface area contributed by atoms with E-state index in [0.717, 1.165) is 56.5 Å². The Kier molecular flexibility index (Phi) is 11.0. The number of ether oxygens (including phenoxy) is 1. The first kappa shape index (κ1) is 24.4. The molecule has 8 nitrogen and oxygen atoms in total. The monoisotopic (exact) mass is 437 g/mol. The van der Waals surface area contributed by atoms with Crippen LogP contribution in [-0.4, -0.2) is 73.2 Å². The van der Waals surface area contributed by atoms with E-state index in [1.807, 2.05) is 11.8 Å². The molecule has 1 aromatic rings. The molecule has 2 N–H and O–H groups in total. The maximum Gasteiger partial charge on any atom is 0.269 e. The Morgan fingerprint density at radius 3 is 2.80 bits per heavy atom. The topological polar surface area (TPSA) is 92.0 Å². The lowest BCUT2D eigenvalue weighted by Gasteiger charge is -2.34. The number of nitro groups is 1. The van der Waals surface area contributed by atoms with E-state index in [0.29, 0.717) is 19.0 Å². The van der Waals surface area contributed by atoms with Gasteiger partial charge in [-0.2, -0.15) is 11.8 Å². The maximum atomic E-state index is 10.8. The molecule has 0 amide bonds. The molecule has 0 radical (unpaired) electrons. The van der Waals surface area contributed by atoms with E-state index in [2.05, 4.69) is 40.6 Å². The molecule has 1 saturated heterocycles. The summed E-state index contributed by atoms with van der Waals surface area (Å²) in [6.45, 7) is 10.2. The average molecular weight is 438 g/mol. The summed E-state index contributed by atoms with van der Waals surface area (Å²) in [4.78, 5) is 17.5. The molecule has 2 rings (SSSR count). The van der Waals surface area contributed by atoms with Crippen molar-refractivity contribution in [3.05, 3.63) is 39.9 Å². The van der Waals surface area contributed by atoms with Crippen molar-refractivity contribution in [3.8, 4) is 0 Å². The first-order valence-electron chi connectivity index (χ1n) is 10.6. The summed E-state index contributed by atoms with van der Waals surface area (Å²) >= 11 is 1.83. The first-order chi connectivity index (χ1) is 14.5. The Balaban J connectivity index is 1.91. The minimum atomic E-state index is -0.389. The molecule has 1 aromatic carbocycles. The highest BCUT2D eigenvalue weighted by Crippen LogP contribution is 2.12. The van der Waals surface area contributed by atoms with Crippen molar-refractivity contribution < 1.29 is 9.66 Å². The average Bonchev–Trinajstić information content (AvgIpc) is 2.72. The maximum absolute atomic E-state index is 10.8. The molecule has 9 heteroatoms. The van der Waals surface area contributed by atoms with Gasteiger partial charge in [0.2, 0.25) is 0 Å². The zero-order valence-corrected chi connectivity index (χ0v) is 19.1. The van der Waals surface area contributed by atoms with Crippen molar-refractivity contribution in [3.63, 3.8) is 0 Å². The van der Waals surface area contributed by atoms with Crippen LogP contribution in [0.4, 0.5) is 5.69 Å². The summed E-state index contributed by atoms with van der Waals surface area (Å²) in [5.41, 5.74) is 1.03. The summed E-state index contributed by atoms with van der Waals surface area (Å²) in [5.74, 6) is 2.49. The molecule has 1 unspecified atom stereocenters. The lowest BCUT2D eigenvalue weighted by Crippen LogP contribution is -2.50. The van der Waals surface area contributed by atoms with Gasteiger partial charge in [0, 0.05) is 44.9 Å². The Labute approximate surface area is 184 Å². The van der Waals surface area contributed by atoms with Crippen molar-refractivity contribution in [1.29, 1.82) is 0 Å². The molecule has 0 aliphatic carbocycles. The lowest BCUT2D eigenvalue weighted by atomic mass is 10.2. The van der Waals surface area contributed by atoms with Gasteiger partial charge in [-0.15, -0.1) is 0 Å². The second-order valence-corrected chi connectivity index (χ2v) is 8.87. The van der Waals surface area contributed by atoms with Crippen LogP contribution >= 0.6 is 11.8 Å². The predicted octanol–water partition coefficient (Wildman–Crippen LogP) is 2.74. The molecular weight excluding hydrogens is 402 g/mol. The molecule has 1 aliphatic heterocycles. The number of hydrogen-bond donors (Lipinski definition) is 2. The number of nitro benzene ring substituents is 1. The zero-order chi connectivity index (χ0) is 21.8. The number of guanidine groups is 1. The Morgan fingerprint density at radius 2 is 2.13 bits per heavy atom. The fourth-order valence-electron chi connectivity index (χ4n) is 3.29. The van der Waals surface area contributed by atoms with E-state index in [9.17, 15) is 10.1 Å². The number of non-ortho nitro benzene ring substituents is 1. The predicted molar refractivity (Wildman–Crippen MR) is 124 cm³/mol. The van der Waals surface area contributed by atoms with Gasteiger partial charge >= 0.3 is 0 Å².